The molecule has 1 N–H and O–H groups in total. The number of allylic oxidation sites excluding steroid dienone is 1. The smallest absolute Gasteiger partial charge is 0.192 e. The van der Waals surface area contributed by atoms with E-state index in [1.165, 1.54) is 0 Å². The molecule has 0 radical (unpaired) electrons. The van der Waals surface area contributed by atoms with Gasteiger partial charge < -0.3 is 28.5 Å². The number of hydrogen-bond donors (Lipinski definition) is 1. The molecule has 0 aromatic rings. The summed E-state index contributed by atoms with van der Waals surface area (Å²) in [5.41, 5.74) is 1.54. The predicted octanol–water partition coefficient (Wildman–Crippen LogP) is 5.08. The van der Waals surface area contributed by atoms with Gasteiger partial charge in [0.25, 0.3) is 0 Å². The number of ether oxygens (including phenoxy) is 4. The molecule has 34 heavy (non-hydrogen) atoms. The Kier molecular flexibility index (Phi) is 10.00. The highest BCUT2D eigenvalue weighted by atomic mass is 28.4. The Bertz CT molecular complexity index is 775. The normalized spacial score (nSPS) is 31.1. The van der Waals surface area contributed by atoms with Gasteiger partial charge in [-0.1, -0.05) is 32.6 Å². The molecule has 192 valence electrons. The van der Waals surface area contributed by atoms with Crippen molar-refractivity contribution in [1.82, 2.24) is 0 Å². The van der Waals surface area contributed by atoms with Crippen LogP contribution in [0.1, 0.15) is 66.2 Å². The second-order valence-corrected chi connectivity index (χ2v) is 15.8. The van der Waals surface area contributed by atoms with Crippen molar-refractivity contribution in [2.45, 2.75) is 115 Å². The van der Waals surface area contributed by atoms with E-state index in [9.17, 15) is 5.11 Å². The maximum atomic E-state index is 11.2. The van der Waals surface area contributed by atoms with E-state index < -0.39 is 20.5 Å². The van der Waals surface area contributed by atoms with Gasteiger partial charge in [0.05, 0.1) is 6.61 Å². The van der Waals surface area contributed by atoms with Crippen LogP contribution in [-0.4, -0.2) is 64.1 Å². The largest absolute Gasteiger partial charge is 0.408 e. The lowest BCUT2D eigenvalue weighted by Gasteiger charge is -2.41. The summed E-state index contributed by atoms with van der Waals surface area (Å²) in [5.74, 6) is 6.32. The maximum Gasteiger partial charge on any atom is 0.192 e. The highest BCUT2D eigenvalue weighted by Crippen LogP contribution is 2.40. The van der Waals surface area contributed by atoms with Crippen LogP contribution in [0.2, 0.25) is 18.1 Å². The van der Waals surface area contributed by atoms with Crippen LogP contribution < -0.4 is 0 Å². The van der Waals surface area contributed by atoms with Gasteiger partial charge in [-0.2, -0.15) is 0 Å². The average molecular weight is 493 g/mol. The van der Waals surface area contributed by atoms with Crippen LogP contribution in [0.5, 0.6) is 0 Å². The molecule has 7 heteroatoms. The maximum absolute atomic E-state index is 11.2. The summed E-state index contributed by atoms with van der Waals surface area (Å²) in [6.07, 6.45) is 8.02. The first-order valence-electron chi connectivity index (χ1n) is 12.8. The summed E-state index contributed by atoms with van der Waals surface area (Å²) in [5, 5.41) is 11.2. The topological polar surface area (TPSA) is 66.4 Å². The molecule has 0 bridgehead atoms. The molecule has 2 unspecified atom stereocenters. The third kappa shape index (κ3) is 7.76. The van der Waals surface area contributed by atoms with Gasteiger partial charge in [0.2, 0.25) is 0 Å². The number of rotatable bonds is 7. The SMILES string of the molecule is C/C(C#CC1=C[C@@H](OC2CCCCO2)[C@@H](O[Si](C)(C)C(C)(C)C)[C@H]1O)=C/COC1CCCCO1. The highest BCUT2D eigenvalue weighted by Gasteiger charge is 2.46. The second kappa shape index (κ2) is 12.3. The van der Waals surface area contributed by atoms with E-state index in [1.807, 2.05) is 19.1 Å². The molecule has 0 amide bonds. The van der Waals surface area contributed by atoms with Crippen LogP contribution in [0.25, 0.3) is 0 Å². The van der Waals surface area contributed by atoms with Gasteiger partial charge in [-0.3, -0.25) is 0 Å². The molecule has 0 spiro atoms. The Balaban J connectivity index is 1.67. The van der Waals surface area contributed by atoms with Crippen molar-refractivity contribution in [2.75, 3.05) is 19.8 Å². The molecule has 0 aromatic carbocycles. The van der Waals surface area contributed by atoms with Crippen LogP contribution in [0.3, 0.4) is 0 Å². The third-order valence-electron chi connectivity index (χ3n) is 7.19. The number of aliphatic hydroxyl groups excluding tert-OH is 1. The summed E-state index contributed by atoms with van der Waals surface area (Å²) in [4.78, 5) is 0. The lowest BCUT2D eigenvalue weighted by atomic mass is 10.1. The molecular weight excluding hydrogens is 448 g/mol. The van der Waals surface area contributed by atoms with Crippen molar-refractivity contribution in [2.24, 2.45) is 0 Å². The Hall–Kier alpha value is -0.983. The van der Waals surface area contributed by atoms with E-state index in [1.54, 1.807) is 0 Å². The minimum Gasteiger partial charge on any atom is -0.408 e. The minimum atomic E-state index is -2.13. The molecule has 5 atom stereocenters. The first-order valence-corrected chi connectivity index (χ1v) is 15.7. The van der Waals surface area contributed by atoms with Crippen molar-refractivity contribution in [1.29, 1.82) is 0 Å². The van der Waals surface area contributed by atoms with Gasteiger partial charge in [-0.25, -0.2) is 0 Å². The van der Waals surface area contributed by atoms with E-state index in [4.69, 9.17) is 23.4 Å². The van der Waals surface area contributed by atoms with E-state index in [0.717, 1.165) is 50.7 Å². The molecule has 6 nitrogen and oxygen atoms in total. The Morgan fingerprint density at radius 2 is 1.76 bits per heavy atom. The quantitative estimate of drug-likeness (QED) is 0.395. The van der Waals surface area contributed by atoms with Gasteiger partial charge in [0.1, 0.15) is 18.3 Å². The van der Waals surface area contributed by atoms with Crippen LogP contribution in [0.4, 0.5) is 0 Å². The lowest BCUT2D eigenvalue weighted by Crippen LogP contribution is -2.50. The second-order valence-electron chi connectivity index (χ2n) is 11.1. The monoisotopic (exact) mass is 492 g/mol. The zero-order valence-corrected chi connectivity index (χ0v) is 22.9. The summed E-state index contributed by atoms with van der Waals surface area (Å²) < 4.78 is 30.1. The Morgan fingerprint density at radius 1 is 1.12 bits per heavy atom. The van der Waals surface area contributed by atoms with Crippen molar-refractivity contribution in [3.63, 3.8) is 0 Å². The van der Waals surface area contributed by atoms with Crippen LogP contribution in [-0.2, 0) is 23.4 Å². The van der Waals surface area contributed by atoms with Gasteiger partial charge >= 0.3 is 0 Å². The lowest BCUT2D eigenvalue weighted by molar-refractivity contribution is -0.196. The molecule has 3 aliphatic rings. The first-order chi connectivity index (χ1) is 16.1. The van der Waals surface area contributed by atoms with Crippen LogP contribution in [0, 0.1) is 11.8 Å². The molecule has 1 aliphatic carbocycles. The molecule has 2 saturated heterocycles. The van der Waals surface area contributed by atoms with Crippen LogP contribution >= 0.6 is 0 Å². The summed E-state index contributed by atoms with van der Waals surface area (Å²) in [7, 11) is -2.13. The summed E-state index contributed by atoms with van der Waals surface area (Å²) in [6.45, 7) is 14.9. The molecule has 3 rings (SSSR count). The van der Waals surface area contributed by atoms with E-state index in [0.29, 0.717) is 18.8 Å². The number of hydrogen-bond acceptors (Lipinski definition) is 6. The highest BCUT2D eigenvalue weighted by molar-refractivity contribution is 6.74. The molecular formula is C27H44O6Si. The van der Waals surface area contributed by atoms with Gasteiger partial charge in [0.15, 0.2) is 20.9 Å². The first kappa shape index (κ1) is 27.6. The van der Waals surface area contributed by atoms with Crippen molar-refractivity contribution < 1.29 is 28.5 Å². The summed E-state index contributed by atoms with van der Waals surface area (Å²) >= 11 is 0. The van der Waals surface area contributed by atoms with Crippen molar-refractivity contribution >= 4 is 8.32 Å². The summed E-state index contributed by atoms with van der Waals surface area (Å²) in [6, 6.07) is 0. The zero-order chi connectivity index (χ0) is 24.8. The Labute approximate surface area is 207 Å². The fourth-order valence-corrected chi connectivity index (χ4v) is 5.24. The molecule has 0 aromatic heterocycles. The predicted molar refractivity (Wildman–Crippen MR) is 136 cm³/mol. The van der Waals surface area contributed by atoms with Crippen molar-refractivity contribution in [3.05, 3.63) is 23.3 Å². The zero-order valence-electron chi connectivity index (χ0n) is 21.9. The third-order valence-corrected chi connectivity index (χ3v) is 11.7. The van der Waals surface area contributed by atoms with Gasteiger partial charge in [-0.15, -0.1) is 0 Å². The van der Waals surface area contributed by atoms with Crippen molar-refractivity contribution in [3.8, 4) is 11.8 Å². The van der Waals surface area contributed by atoms with E-state index >= 15 is 0 Å². The van der Waals surface area contributed by atoms with E-state index in [2.05, 4.69) is 45.7 Å². The fraction of sp³-hybridized carbons (Fsp3) is 0.778. The van der Waals surface area contributed by atoms with Gasteiger partial charge in [-0.05, 0) is 81.3 Å². The molecule has 2 heterocycles. The van der Waals surface area contributed by atoms with Gasteiger partial charge in [0, 0.05) is 18.8 Å². The average Bonchev–Trinajstić information content (AvgIpc) is 3.07. The molecule has 2 aliphatic heterocycles. The fourth-order valence-electron chi connectivity index (χ4n) is 3.95. The molecule has 2 fully saturated rings. The number of aliphatic hydroxyl groups is 1. The van der Waals surface area contributed by atoms with E-state index in [-0.39, 0.29) is 23.7 Å². The van der Waals surface area contributed by atoms with Crippen LogP contribution in [0.15, 0.2) is 23.3 Å². The molecule has 0 saturated carbocycles. The minimum absolute atomic E-state index is 0.0222. The Morgan fingerprint density at radius 3 is 2.35 bits per heavy atom. The standard InChI is InChI=1S/C27H44O6Si/c1-20(15-18-31-23-11-7-9-16-29-23)13-14-21-19-22(32-24-12-8-10-17-30-24)26(25(21)28)33-34(5,6)27(2,3)4/h15,19,22-26,28H,7-12,16-18H2,1-6H3/b20-15-/t22-,23?,24?,25+,26-/m1/s1.